The van der Waals surface area contributed by atoms with Gasteiger partial charge in [-0.25, -0.2) is 0 Å². The number of amides is 1. The van der Waals surface area contributed by atoms with Crippen LogP contribution in [0.1, 0.15) is 47.0 Å². The maximum atomic E-state index is 12.3. The van der Waals surface area contributed by atoms with Crippen molar-refractivity contribution < 1.29 is 19.2 Å². The minimum absolute atomic E-state index is 0.0380. The Balaban J connectivity index is 1.55. The molecule has 0 aliphatic carbocycles. The van der Waals surface area contributed by atoms with Crippen LogP contribution in [0, 0.1) is 0 Å². The quantitative estimate of drug-likeness (QED) is 0.612. The molecule has 2 heterocycles. The van der Waals surface area contributed by atoms with Crippen LogP contribution in [-0.4, -0.2) is 38.4 Å². The number of ether oxygens (including phenoxy) is 1. The smallest absolute Gasteiger partial charge is 0.220 e. The predicted molar refractivity (Wildman–Crippen MR) is 112 cm³/mol. The SMILES string of the molecule is COc1ccc([C@H](CNC(=O)CCC(=O)c2ccc(Cl)s2)[NH+]2CCCC2)cc1. The Hall–Kier alpha value is -1.89. The summed E-state index contributed by atoms with van der Waals surface area (Å²) in [6, 6.07) is 11.7. The van der Waals surface area contributed by atoms with Crippen molar-refractivity contribution in [1.29, 1.82) is 0 Å². The molecule has 150 valence electrons. The van der Waals surface area contributed by atoms with Gasteiger partial charge in [0.05, 0.1) is 36.0 Å². The summed E-state index contributed by atoms with van der Waals surface area (Å²) in [5, 5.41) is 3.03. The second-order valence-corrected chi connectivity index (χ2v) is 8.74. The van der Waals surface area contributed by atoms with Crippen molar-refractivity contribution in [1.82, 2.24) is 5.32 Å². The Labute approximate surface area is 174 Å². The third-order valence-electron chi connectivity index (χ3n) is 5.19. The van der Waals surface area contributed by atoms with Crippen molar-refractivity contribution in [2.45, 2.75) is 31.7 Å². The summed E-state index contributed by atoms with van der Waals surface area (Å²) in [5.41, 5.74) is 1.20. The average molecular weight is 422 g/mol. The molecular weight excluding hydrogens is 396 g/mol. The Kier molecular flexibility index (Phi) is 7.48. The molecule has 0 radical (unpaired) electrons. The highest BCUT2D eigenvalue weighted by molar-refractivity contribution is 7.18. The second-order valence-electron chi connectivity index (χ2n) is 7.02. The maximum Gasteiger partial charge on any atom is 0.220 e. The molecule has 28 heavy (non-hydrogen) atoms. The topological polar surface area (TPSA) is 59.8 Å². The van der Waals surface area contributed by atoms with Gasteiger partial charge in [-0.1, -0.05) is 11.6 Å². The molecule has 1 fully saturated rings. The lowest BCUT2D eigenvalue weighted by Crippen LogP contribution is -3.11. The van der Waals surface area contributed by atoms with Crippen LogP contribution in [0.3, 0.4) is 0 Å². The zero-order valence-electron chi connectivity index (χ0n) is 16.0. The highest BCUT2D eigenvalue weighted by atomic mass is 35.5. The molecule has 3 rings (SSSR count). The van der Waals surface area contributed by atoms with Crippen molar-refractivity contribution in [2.75, 3.05) is 26.7 Å². The fraction of sp³-hybridized carbons (Fsp3) is 0.429. The van der Waals surface area contributed by atoms with Gasteiger partial charge in [-0.05, 0) is 36.4 Å². The molecule has 1 amide bonds. The van der Waals surface area contributed by atoms with E-state index in [1.807, 2.05) is 12.1 Å². The average Bonchev–Trinajstić information content (AvgIpc) is 3.39. The Morgan fingerprint density at radius 1 is 1.14 bits per heavy atom. The first-order valence-electron chi connectivity index (χ1n) is 9.60. The van der Waals surface area contributed by atoms with Gasteiger partial charge in [0.15, 0.2) is 5.78 Å². The number of hydrogen-bond donors (Lipinski definition) is 2. The summed E-state index contributed by atoms with van der Waals surface area (Å²) >= 11 is 7.12. The number of carbonyl (C=O) groups excluding carboxylic acids is 2. The number of methoxy groups -OCH3 is 1. The lowest BCUT2D eigenvalue weighted by molar-refractivity contribution is -0.918. The van der Waals surface area contributed by atoms with Gasteiger partial charge in [-0.2, -0.15) is 0 Å². The highest BCUT2D eigenvalue weighted by Gasteiger charge is 2.27. The van der Waals surface area contributed by atoms with Gasteiger partial charge in [-0.3, -0.25) is 9.59 Å². The molecule has 1 atom stereocenters. The Bertz CT molecular complexity index is 800. The molecule has 0 unspecified atom stereocenters. The predicted octanol–water partition coefficient (Wildman–Crippen LogP) is 2.91. The number of Topliss-reactive ketones (excluding diaryl/α,β-unsaturated/α-hetero) is 1. The summed E-state index contributed by atoms with van der Waals surface area (Å²) in [5.74, 6) is 0.701. The number of hydrogen-bond acceptors (Lipinski definition) is 4. The minimum atomic E-state index is -0.0897. The fourth-order valence-electron chi connectivity index (χ4n) is 3.63. The maximum absolute atomic E-state index is 12.3. The summed E-state index contributed by atoms with van der Waals surface area (Å²) < 4.78 is 5.84. The molecule has 5 nitrogen and oxygen atoms in total. The van der Waals surface area contributed by atoms with E-state index in [0.29, 0.717) is 15.8 Å². The van der Waals surface area contributed by atoms with Gasteiger partial charge >= 0.3 is 0 Å². The van der Waals surface area contributed by atoms with E-state index in [4.69, 9.17) is 16.3 Å². The number of carbonyl (C=O) groups is 2. The number of halogens is 1. The van der Waals surface area contributed by atoms with E-state index in [1.165, 1.54) is 34.6 Å². The molecule has 2 aromatic rings. The first kappa shape index (κ1) is 20.8. The normalized spacial score (nSPS) is 15.4. The summed E-state index contributed by atoms with van der Waals surface area (Å²) in [6.45, 7) is 2.80. The third-order valence-corrected chi connectivity index (χ3v) is 6.46. The van der Waals surface area contributed by atoms with Crippen molar-refractivity contribution in [3.05, 3.63) is 51.2 Å². The van der Waals surface area contributed by atoms with Crippen LogP contribution >= 0.6 is 22.9 Å². The van der Waals surface area contributed by atoms with Crippen LogP contribution in [0.4, 0.5) is 0 Å². The standard InChI is InChI=1S/C21H25ClN2O3S/c1-27-16-6-4-15(5-7-16)17(24-12-2-3-13-24)14-23-21(26)11-8-18(25)19-9-10-20(22)28-19/h4-7,9-10,17H,2-3,8,11-14H2,1H3,(H,23,26)/p+1/t17-/m0/s1. The molecule has 1 aromatic heterocycles. The van der Waals surface area contributed by atoms with E-state index in [1.54, 1.807) is 19.2 Å². The number of rotatable bonds is 9. The summed E-state index contributed by atoms with van der Waals surface area (Å²) in [7, 11) is 1.66. The number of nitrogens with one attached hydrogen (secondary N) is 2. The molecule has 1 aromatic carbocycles. The molecule has 1 aliphatic heterocycles. The van der Waals surface area contributed by atoms with Gasteiger partial charge < -0.3 is 15.0 Å². The minimum Gasteiger partial charge on any atom is -0.497 e. The van der Waals surface area contributed by atoms with E-state index in [-0.39, 0.29) is 30.6 Å². The molecule has 0 spiro atoms. The molecule has 0 saturated carbocycles. The molecule has 1 saturated heterocycles. The van der Waals surface area contributed by atoms with Crippen LogP contribution in [0.2, 0.25) is 4.34 Å². The van der Waals surface area contributed by atoms with Crippen molar-refractivity contribution in [2.24, 2.45) is 0 Å². The van der Waals surface area contributed by atoms with E-state index in [0.717, 1.165) is 18.8 Å². The van der Waals surface area contributed by atoms with E-state index in [2.05, 4.69) is 17.4 Å². The fourth-order valence-corrected chi connectivity index (χ4v) is 4.64. The van der Waals surface area contributed by atoms with Gasteiger partial charge in [0.25, 0.3) is 0 Å². The number of likely N-dealkylation sites (tertiary alicyclic amines) is 1. The molecular formula is C21H26ClN2O3S+. The monoisotopic (exact) mass is 421 g/mol. The van der Waals surface area contributed by atoms with Gasteiger partial charge in [0.2, 0.25) is 5.91 Å². The van der Waals surface area contributed by atoms with E-state index < -0.39 is 0 Å². The van der Waals surface area contributed by atoms with Gasteiger partial charge in [0, 0.05) is 31.2 Å². The summed E-state index contributed by atoms with van der Waals surface area (Å²) in [6.07, 6.45) is 2.83. The number of thiophene rings is 1. The second kappa shape index (κ2) is 10.0. The number of benzene rings is 1. The number of quaternary nitrogens is 1. The first-order valence-corrected chi connectivity index (χ1v) is 10.8. The number of ketones is 1. The summed E-state index contributed by atoms with van der Waals surface area (Å²) in [4.78, 5) is 26.6. The Morgan fingerprint density at radius 2 is 1.86 bits per heavy atom. The third kappa shape index (κ3) is 5.56. The van der Waals surface area contributed by atoms with Crippen molar-refractivity contribution >= 4 is 34.6 Å². The van der Waals surface area contributed by atoms with E-state index in [9.17, 15) is 9.59 Å². The zero-order valence-corrected chi connectivity index (χ0v) is 17.6. The largest absolute Gasteiger partial charge is 0.497 e. The molecule has 7 heteroatoms. The van der Waals surface area contributed by atoms with E-state index >= 15 is 0 Å². The zero-order chi connectivity index (χ0) is 19.9. The molecule has 0 bridgehead atoms. The van der Waals surface area contributed by atoms with Crippen molar-refractivity contribution in [3.63, 3.8) is 0 Å². The van der Waals surface area contributed by atoms with Crippen LogP contribution in [0.15, 0.2) is 36.4 Å². The Morgan fingerprint density at radius 3 is 2.46 bits per heavy atom. The lowest BCUT2D eigenvalue weighted by atomic mass is 10.0. The van der Waals surface area contributed by atoms with Crippen LogP contribution in [0.5, 0.6) is 5.75 Å². The lowest BCUT2D eigenvalue weighted by Gasteiger charge is -2.25. The van der Waals surface area contributed by atoms with Crippen LogP contribution in [-0.2, 0) is 4.79 Å². The van der Waals surface area contributed by atoms with Gasteiger partial charge in [-0.15, -0.1) is 11.3 Å². The first-order chi connectivity index (χ1) is 13.6. The molecule has 1 aliphatic rings. The van der Waals surface area contributed by atoms with Crippen molar-refractivity contribution in [3.8, 4) is 5.75 Å². The highest BCUT2D eigenvalue weighted by Crippen LogP contribution is 2.23. The molecule has 2 N–H and O–H groups in total. The van der Waals surface area contributed by atoms with Gasteiger partial charge in [0.1, 0.15) is 11.8 Å². The van der Waals surface area contributed by atoms with Crippen LogP contribution < -0.4 is 15.0 Å². The van der Waals surface area contributed by atoms with Crippen LogP contribution in [0.25, 0.3) is 0 Å².